The molecule has 0 saturated carbocycles. The fourth-order valence-electron chi connectivity index (χ4n) is 2.63. The van der Waals surface area contributed by atoms with Gasteiger partial charge < -0.3 is 20.4 Å². The molecule has 0 fully saturated rings. The van der Waals surface area contributed by atoms with E-state index in [1.54, 1.807) is 21.9 Å². The van der Waals surface area contributed by atoms with Crippen molar-refractivity contribution < 1.29 is 14.0 Å². The molecule has 2 N–H and O–H groups in total. The van der Waals surface area contributed by atoms with Crippen LogP contribution in [0.2, 0.25) is 0 Å². The number of benzene rings is 1. The first-order valence-electron chi connectivity index (χ1n) is 9.69. The molecule has 8 heteroatoms. The molecule has 0 unspecified atom stereocenters. The number of aliphatic imine (C=N–C) groups is 1. The van der Waals surface area contributed by atoms with Crippen LogP contribution in [-0.4, -0.2) is 73.9 Å². The van der Waals surface area contributed by atoms with Crippen LogP contribution in [0.1, 0.15) is 26.3 Å². The first kappa shape index (κ1) is 23.4. The maximum atomic E-state index is 12.9. The van der Waals surface area contributed by atoms with Crippen molar-refractivity contribution in [2.45, 2.75) is 27.2 Å². The standard InChI is InChI=1S/C20H32FN5O2/c1-5-22-20(25(4)15-19(28)26(6-2)7-3)24-13-12-23-18(27)14-16-8-10-17(21)11-9-16/h8-11H,5-7,12-15H2,1-4H3,(H,22,24)(H,23,27). The van der Waals surface area contributed by atoms with Crippen LogP contribution in [0.3, 0.4) is 0 Å². The van der Waals surface area contributed by atoms with E-state index in [0.29, 0.717) is 38.7 Å². The molecule has 0 aromatic heterocycles. The van der Waals surface area contributed by atoms with Crippen LogP contribution in [0.15, 0.2) is 29.3 Å². The molecule has 1 aromatic rings. The normalized spacial score (nSPS) is 11.1. The molecule has 156 valence electrons. The summed E-state index contributed by atoms with van der Waals surface area (Å²) in [7, 11) is 1.82. The molecule has 2 amide bonds. The van der Waals surface area contributed by atoms with Crippen molar-refractivity contribution in [3.63, 3.8) is 0 Å². The van der Waals surface area contributed by atoms with Gasteiger partial charge in [0.15, 0.2) is 5.96 Å². The number of likely N-dealkylation sites (N-methyl/N-ethyl adjacent to an activating group) is 2. The second-order valence-corrected chi connectivity index (χ2v) is 6.31. The van der Waals surface area contributed by atoms with Crippen molar-refractivity contribution in [3.8, 4) is 0 Å². The summed E-state index contributed by atoms with van der Waals surface area (Å²) < 4.78 is 12.9. The van der Waals surface area contributed by atoms with E-state index in [2.05, 4.69) is 15.6 Å². The number of amides is 2. The molecule has 28 heavy (non-hydrogen) atoms. The number of hydrogen-bond acceptors (Lipinski definition) is 3. The van der Waals surface area contributed by atoms with Gasteiger partial charge in [-0.1, -0.05) is 12.1 Å². The second kappa shape index (κ2) is 12.7. The summed E-state index contributed by atoms with van der Waals surface area (Å²) in [5, 5.41) is 5.95. The van der Waals surface area contributed by atoms with Crippen LogP contribution in [0.4, 0.5) is 4.39 Å². The molecule has 1 aromatic carbocycles. The lowest BCUT2D eigenvalue weighted by atomic mass is 10.1. The highest BCUT2D eigenvalue weighted by atomic mass is 19.1. The van der Waals surface area contributed by atoms with E-state index in [0.717, 1.165) is 5.56 Å². The second-order valence-electron chi connectivity index (χ2n) is 6.31. The number of carbonyl (C=O) groups is 2. The zero-order valence-electron chi connectivity index (χ0n) is 17.3. The van der Waals surface area contributed by atoms with Crippen LogP contribution in [0, 0.1) is 5.82 Å². The molecule has 0 radical (unpaired) electrons. The van der Waals surface area contributed by atoms with E-state index in [9.17, 15) is 14.0 Å². The van der Waals surface area contributed by atoms with E-state index in [1.807, 2.05) is 27.8 Å². The lowest BCUT2D eigenvalue weighted by molar-refractivity contribution is -0.131. The summed E-state index contributed by atoms with van der Waals surface area (Å²) in [6.45, 7) is 8.91. The molecule has 0 atom stereocenters. The lowest BCUT2D eigenvalue weighted by Crippen LogP contribution is -2.46. The van der Waals surface area contributed by atoms with Gasteiger partial charge in [-0.2, -0.15) is 0 Å². The fourth-order valence-corrected chi connectivity index (χ4v) is 2.63. The molecular formula is C20H32FN5O2. The largest absolute Gasteiger partial charge is 0.357 e. The van der Waals surface area contributed by atoms with Crippen LogP contribution in [0.25, 0.3) is 0 Å². The van der Waals surface area contributed by atoms with Crippen LogP contribution in [0.5, 0.6) is 0 Å². The Hall–Kier alpha value is -2.64. The minimum absolute atomic E-state index is 0.0469. The third-order valence-corrected chi connectivity index (χ3v) is 4.16. The summed E-state index contributed by atoms with van der Waals surface area (Å²) >= 11 is 0. The summed E-state index contributed by atoms with van der Waals surface area (Å²) in [6, 6.07) is 5.87. The van der Waals surface area contributed by atoms with Crippen molar-refractivity contribution in [1.29, 1.82) is 0 Å². The van der Waals surface area contributed by atoms with Crippen LogP contribution < -0.4 is 10.6 Å². The van der Waals surface area contributed by atoms with E-state index in [1.165, 1.54) is 12.1 Å². The SMILES string of the molecule is CCNC(=NCCNC(=O)Cc1ccc(F)cc1)N(C)CC(=O)N(CC)CC. The Morgan fingerprint density at radius 3 is 2.29 bits per heavy atom. The average Bonchev–Trinajstić information content (AvgIpc) is 2.67. The highest BCUT2D eigenvalue weighted by Gasteiger charge is 2.14. The third kappa shape index (κ3) is 8.37. The Labute approximate surface area is 167 Å². The van der Waals surface area contributed by atoms with Gasteiger partial charge in [0.25, 0.3) is 0 Å². The molecule has 0 spiro atoms. The van der Waals surface area contributed by atoms with Gasteiger partial charge in [0.1, 0.15) is 5.82 Å². The molecular weight excluding hydrogens is 361 g/mol. The summed E-state index contributed by atoms with van der Waals surface area (Å²) in [5.41, 5.74) is 0.755. The first-order chi connectivity index (χ1) is 13.4. The van der Waals surface area contributed by atoms with Gasteiger partial charge in [0.05, 0.1) is 19.5 Å². The number of halogens is 1. The first-order valence-corrected chi connectivity index (χ1v) is 9.69. The van der Waals surface area contributed by atoms with Gasteiger partial charge in [-0.05, 0) is 38.5 Å². The number of rotatable bonds is 10. The molecule has 7 nitrogen and oxygen atoms in total. The molecule has 1 rings (SSSR count). The van der Waals surface area contributed by atoms with Crippen LogP contribution >= 0.6 is 0 Å². The summed E-state index contributed by atoms with van der Waals surface area (Å²) in [6.07, 6.45) is 0.197. The molecule has 0 aliphatic rings. The Balaban J connectivity index is 2.49. The number of guanidine groups is 1. The maximum Gasteiger partial charge on any atom is 0.242 e. The van der Waals surface area contributed by atoms with E-state index >= 15 is 0 Å². The number of hydrogen-bond donors (Lipinski definition) is 2. The highest BCUT2D eigenvalue weighted by Crippen LogP contribution is 2.03. The van der Waals surface area contributed by atoms with Crippen molar-refractivity contribution in [3.05, 3.63) is 35.6 Å². The van der Waals surface area contributed by atoms with Gasteiger partial charge >= 0.3 is 0 Å². The zero-order chi connectivity index (χ0) is 20.9. The Morgan fingerprint density at radius 1 is 1.07 bits per heavy atom. The van der Waals surface area contributed by atoms with Gasteiger partial charge in [-0.15, -0.1) is 0 Å². The van der Waals surface area contributed by atoms with E-state index in [-0.39, 0.29) is 30.6 Å². The summed E-state index contributed by atoms with van der Waals surface area (Å²) in [5.74, 6) is 0.205. The highest BCUT2D eigenvalue weighted by molar-refractivity contribution is 5.86. The molecule has 0 aliphatic heterocycles. The monoisotopic (exact) mass is 393 g/mol. The van der Waals surface area contributed by atoms with E-state index in [4.69, 9.17) is 0 Å². The topological polar surface area (TPSA) is 77.0 Å². The maximum absolute atomic E-state index is 12.9. The number of nitrogens with zero attached hydrogens (tertiary/aromatic N) is 3. The molecule has 0 bridgehead atoms. The van der Waals surface area contributed by atoms with E-state index < -0.39 is 0 Å². The van der Waals surface area contributed by atoms with Gasteiger partial charge in [0, 0.05) is 33.2 Å². The van der Waals surface area contributed by atoms with Crippen molar-refractivity contribution >= 4 is 17.8 Å². The minimum Gasteiger partial charge on any atom is -0.357 e. The minimum atomic E-state index is -0.321. The van der Waals surface area contributed by atoms with Gasteiger partial charge in [0.2, 0.25) is 11.8 Å². The van der Waals surface area contributed by atoms with Crippen molar-refractivity contribution in [1.82, 2.24) is 20.4 Å². The molecule has 0 aliphatic carbocycles. The van der Waals surface area contributed by atoms with Gasteiger partial charge in [-0.25, -0.2) is 4.39 Å². The Kier molecular flexibility index (Phi) is 10.6. The predicted octanol–water partition coefficient (Wildman–Crippen LogP) is 1.25. The summed E-state index contributed by atoms with van der Waals surface area (Å²) in [4.78, 5) is 32.2. The fraction of sp³-hybridized carbons (Fsp3) is 0.550. The number of carbonyl (C=O) groups excluding carboxylic acids is 2. The van der Waals surface area contributed by atoms with Crippen LogP contribution in [-0.2, 0) is 16.0 Å². The smallest absolute Gasteiger partial charge is 0.242 e. The lowest BCUT2D eigenvalue weighted by Gasteiger charge is -2.25. The third-order valence-electron chi connectivity index (χ3n) is 4.16. The Bertz CT molecular complexity index is 645. The Morgan fingerprint density at radius 2 is 1.71 bits per heavy atom. The zero-order valence-corrected chi connectivity index (χ0v) is 17.3. The van der Waals surface area contributed by atoms with Crippen molar-refractivity contribution in [2.24, 2.45) is 4.99 Å². The quantitative estimate of drug-likeness (QED) is 0.356. The predicted molar refractivity (Wildman–Crippen MR) is 110 cm³/mol. The average molecular weight is 394 g/mol. The van der Waals surface area contributed by atoms with Gasteiger partial charge in [-0.3, -0.25) is 14.6 Å². The number of nitrogens with one attached hydrogen (secondary N) is 2. The molecule has 0 heterocycles. The molecule has 0 saturated heterocycles. The van der Waals surface area contributed by atoms with Crippen molar-refractivity contribution in [2.75, 3.05) is 46.3 Å².